The molecule has 1 rings (SSSR count). The van der Waals surface area contributed by atoms with Crippen molar-refractivity contribution in [2.24, 2.45) is 0 Å². The van der Waals surface area contributed by atoms with Crippen LogP contribution in [0, 0.1) is 0 Å². The third kappa shape index (κ3) is 4.10. The third-order valence-corrected chi connectivity index (χ3v) is 2.54. The van der Waals surface area contributed by atoms with Crippen LogP contribution in [0.15, 0.2) is 24.3 Å². The van der Waals surface area contributed by atoms with E-state index in [1.807, 2.05) is 12.1 Å². The molecule has 0 fully saturated rings. The SMILES string of the molecule is CN(CCCl)C(=O)Cc1ccc(Cl)cc1. The van der Waals surface area contributed by atoms with Gasteiger partial charge in [-0.05, 0) is 17.7 Å². The summed E-state index contributed by atoms with van der Waals surface area (Å²) in [7, 11) is 1.75. The maximum absolute atomic E-state index is 11.6. The molecule has 0 unspecified atom stereocenters. The van der Waals surface area contributed by atoms with Crippen molar-refractivity contribution in [2.75, 3.05) is 19.5 Å². The smallest absolute Gasteiger partial charge is 0.226 e. The molecule has 1 aromatic rings. The second kappa shape index (κ2) is 5.99. The molecule has 0 aliphatic heterocycles. The van der Waals surface area contributed by atoms with Gasteiger partial charge in [0.2, 0.25) is 5.91 Å². The monoisotopic (exact) mass is 245 g/mol. The lowest BCUT2D eigenvalue weighted by Crippen LogP contribution is -2.29. The topological polar surface area (TPSA) is 20.3 Å². The molecule has 0 N–H and O–H groups in total. The van der Waals surface area contributed by atoms with E-state index < -0.39 is 0 Å². The predicted octanol–water partition coefficient (Wildman–Crippen LogP) is 2.58. The molecule has 0 aromatic heterocycles. The zero-order valence-corrected chi connectivity index (χ0v) is 10.1. The highest BCUT2D eigenvalue weighted by atomic mass is 35.5. The largest absolute Gasteiger partial charge is 0.344 e. The Morgan fingerprint density at radius 1 is 1.33 bits per heavy atom. The Kier molecular flexibility index (Phi) is 4.92. The summed E-state index contributed by atoms with van der Waals surface area (Å²) in [6.45, 7) is 0.577. The number of likely N-dealkylation sites (N-methyl/N-ethyl adjacent to an activating group) is 1. The van der Waals surface area contributed by atoms with Gasteiger partial charge in [-0.2, -0.15) is 0 Å². The number of amides is 1. The van der Waals surface area contributed by atoms with E-state index in [9.17, 15) is 4.79 Å². The van der Waals surface area contributed by atoms with Crippen LogP contribution >= 0.6 is 23.2 Å². The molecule has 0 radical (unpaired) electrons. The molecule has 0 heterocycles. The van der Waals surface area contributed by atoms with Crippen molar-refractivity contribution in [2.45, 2.75) is 6.42 Å². The first-order chi connectivity index (χ1) is 7.13. The normalized spacial score (nSPS) is 10.1. The Balaban J connectivity index is 2.54. The molecule has 82 valence electrons. The summed E-state index contributed by atoms with van der Waals surface area (Å²) in [5.74, 6) is 0.529. The zero-order valence-electron chi connectivity index (χ0n) is 8.54. The van der Waals surface area contributed by atoms with Crippen molar-refractivity contribution in [1.82, 2.24) is 4.90 Å². The lowest BCUT2D eigenvalue weighted by Gasteiger charge is -2.15. The van der Waals surface area contributed by atoms with E-state index in [0.29, 0.717) is 23.9 Å². The molecular formula is C11H13Cl2NO. The van der Waals surface area contributed by atoms with E-state index >= 15 is 0 Å². The average Bonchev–Trinajstić information content (AvgIpc) is 2.22. The van der Waals surface area contributed by atoms with Gasteiger partial charge in [0, 0.05) is 24.5 Å². The highest BCUT2D eigenvalue weighted by molar-refractivity contribution is 6.30. The molecule has 0 saturated heterocycles. The van der Waals surface area contributed by atoms with Crippen LogP contribution in [0.4, 0.5) is 0 Å². The van der Waals surface area contributed by atoms with Crippen molar-refractivity contribution in [1.29, 1.82) is 0 Å². The lowest BCUT2D eigenvalue weighted by molar-refractivity contribution is -0.128. The first-order valence-electron chi connectivity index (χ1n) is 4.68. The fraction of sp³-hybridized carbons (Fsp3) is 0.364. The van der Waals surface area contributed by atoms with Crippen LogP contribution in [-0.4, -0.2) is 30.3 Å². The molecule has 4 heteroatoms. The molecule has 1 aromatic carbocycles. The first kappa shape index (κ1) is 12.3. The van der Waals surface area contributed by atoms with Gasteiger partial charge >= 0.3 is 0 Å². The fourth-order valence-corrected chi connectivity index (χ4v) is 1.54. The predicted molar refractivity (Wildman–Crippen MR) is 63.5 cm³/mol. The summed E-state index contributed by atoms with van der Waals surface area (Å²) in [5.41, 5.74) is 0.964. The van der Waals surface area contributed by atoms with Gasteiger partial charge in [-0.25, -0.2) is 0 Å². The first-order valence-corrected chi connectivity index (χ1v) is 5.59. The quantitative estimate of drug-likeness (QED) is 0.748. The Bertz CT molecular complexity index is 324. The molecule has 0 spiro atoms. The number of hydrogen-bond donors (Lipinski definition) is 0. The van der Waals surface area contributed by atoms with Crippen LogP contribution in [0.3, 0.4) is 0 Å². The highest BCUT2D eigenvalue weighted by Crippen LogP contribution is 2.10. The molecule has 0 saturated carbocycles. The minimum absolute atomic E-state index is 0.0676. The minimum atomic E-state index is 0.0676. The van der Waals surface area contributed by atoms with Crippen LogP contribution in [0.5, 0.6) is 0 Å². The molecule has 0 atom stereocenters. The highest BCUT2D eigenvalue weighted by Gasteiger charge is 2.08. The summed E-state index contributed by atoms with van der Waals surface area (Å²) in [5, 5.41) is 0.681. The maximum atomic E-state index is 11.6. The number of carbonyl (C=O) groups excluding carboxylic acids is 1. The number of rotatable bonds is 4. The van der Waals surface area contributed by atoms with E-state index in [4.69, 9.17) is 23.2 Å². The summed E-state index contributed by atoms with van der Waals surface area (Å²) in [4.78, 5) is 13.2. The van der Waals surface area contributed by atoms with Crippen LogP contribution in [0.25, 0.3) is 0 Å². The van der Waals surface area contributed by atoms with Crippen molar-refractivity contribution in [3.8, 4) is 0 Å². The second-order valence-corrected chi connectivity index (χ2v) is 4.12. The number of halogens is 2. The van der Waals surface area contributed by atoms with Gasteiger partial charge in [-0.15, -0.1) is 11.6 Å². The second-order valence-electron chi connectivity index (χ2n) is 3.31. The standard InChI is InChI=1S/C11H13Cl2NO/c1-14(7-6-12)11(15)8-9-2-4-10(13)5-3-9/h2-5H,6-8H2,1H3. The number of nitrogens with zero attached hydrogens (tertiary/aromatic N) is 1. The van der Waals surface area contributed by atoms with Crippen molar-refractivity contribution in [3.63, 3.8) is 0 Å². The van der Waals surface area contributed by atoms with Gasteiger partial charge in [0.25, 0.3) is 0 Å². The van der Waals surface area contributed by atoms with Gasteiger partial charge in [-0.3, -0.25) is 4.79 Å². The molecule has 15 heavy (non-hydrogen) atoms. The summed E-state index contributed by atoms with van der Waals surface area (Å²) < 4.78 is 0. The van der Waals surface area contributed by atoms with E-state index in [0.717, 1.165) is 5.56 Å². The van der Waals surface area contributed by atoms with E-state index in [-0.39, 0.29) is 5.91 Å². The van der Waals surface area contributed by atoms with Gasteiger partial charge in [0.15, 0.2) is 0 Å². The van der Waals surface area contributed by atoms with Crippen molar-refractivity contribution in [3.05, 3.63) is 34.9 Å². The number of hydrogen-bond acceptors (Lipinski definition) is 1. The van der Waals surface area contributed by atoms with E-state index in [2.05, 4.69) is 0 Å². The van der Waals surface area contributed by atoms with Gasteiger partial charge in [0.05, 0.1) is 6.42 Å². The molecular weight excluding hydrogens is 233 g/mol. The average molecular weight is 246 g/mol. The summed E-state index contributed by atoms with van der Waals surface area (Å²) in [6.07, 6.45) is 0.393. The third-order valence-electron chi connectivity index (χ3n) is 2.11. The zero-order chi connectivity index (χ0) is 11.3. The molecule has 0 aliphatic rings. The van der Waals surface area contributed by atoms with Crippen LogP contribution in [-0.2, 0) is 11.2 Å². The summed E-state index contributed by atoms with van der Waals surface area (Å²) >= 11 is 11.3. The minimum Gasteiger partial charge on any atom is -0.344 e. The maximum Gasteiger partial charge on any atom is 0.226 e. The summed E-state index contributed by atoms with van der Waals surface area (Å²) in [6, 6.07) is 7.28. The van der Waals surface area contributed by atoms with Crippen LogP contribution in [0.2, 0.25) is 5.02 Å². The van der Waals surface area contributed by atoms with Crippen LogP contribution in [0.1, 0.15) is 5.56 Å². The van der Waals surface area contributed by atoms with E-state index in [1.54, 1.807) is 24.1 Å². The number of carbonyl (C=O) groups is 1. The fourth-order valence-electron chi connectivity index (χ4n) is 1.16. The van der Waals surface area contributed by atoms with E-state index in [1.165, 1.54) is 0 Å². The molecule has 1 amide bonds. The Morgan fingerprint density at radius 2 is 1.93 bits per heavy atom. The molecule has 2 nitrogen and oxygen atoms in total. The lowest BCUT2D eigenvalue weighted by atomic mass is 10.1. The molecule has 0 bridgehead atoms. The van der Waals surface area contributed by atoms with Crippen molar-refractivity contribution >= 4 is 29.1 Å². The number of alkyl halides is 1. The van der Waals surface area contributed by atoms with Gasteiger partial charge in [-0.1, -0.05) is 23.7 Å². The Labute approximate surface area is 99.8 Å². The number of benzene rings is 1. The Hall–Kier alpha value is -0.730. The van der Waals surface area contributed by atoms with Crippen molar-refractivity contribution < 1.29 is 4.79 Å². The van der Waals surface area contributed by atoms with Gasteiger partial charge < -0.3 is 4.90 Å². The molecule has 0 aliphatic carbocycles. The van der Waals surface area contributed by atoms with Crippen LogP contribution < -0.4 is 0 Å². The Morgan fingerprint density at radius 3 is 2.47 bits per heavy atom. The van der Waals surface area contributed by atoms with Gasteiger partial charge in [0.1, 0.15) is 0 Å².